The van der Waals surface area contributed by atoms with Crippen molar-refractivity contribution in [1.29, 1.82) is 0 Å². The fraction of sp³-hybridized carbons (Fsp3) is 0. The second-order valence-electron chi connectivity index (χ2n) is 14.4. The predicted molar refractivity (Wildman–Crippen MR) is 230 cm³/mol. The standard InChI is InChI=1S/C51H30N4O/c1-2-12-31(13-3-1)35-24-26-37-36(28-35)17-10-20-39(37)49-52-50(41-21-11-23-45-48(41)42-29-33-15-4-5-16-34(33)30-46(42)56-45)54-51(53-49)55-43-22-9-8-19-40(43)47-38-18-7-6-14-32(38)25-27-44(47)55/h1-30H. The summed E-state index contributed by atoms with van der Waals surface area (Å²) in [5.41, 5.74) is 7.86. The normalized spacial score (nSPS) is 11.9. The molecule has 3 aromatic heterocycles. The summed E-state index contributed by atoms with van der Waals surface area (Å²) in [6.45, 7) is 0. The number of nitrogens with zero attached hydrogens (tertiary/aromatic N) is 4. The molecule has 9 aromatic carbocycles. The van der Waals surface area contributed by atoms with Gasteiger partial charge in [0, 0.05) is 32.7 Å². The Morgan fingerprint density at radius 2 is 1.05 bits per heavy atom. The van der Waals surface area contributed by atoms with E-state index in [1.165, 1.54) is 21.7 Å². The van der Waals surface area contributed by atoms with Gasteiger partial charge in [0.2, 0.25) is 5.95 Å². The lowest BCUT2D eigenvalue weighted by atomic mass is 9.98. The zero-order valence-corrected chi connectivity index (χ0v) is 30.0. The molecule has 0 unspecified atom stereocenters. The summed E-state index contributed by atoms with van der Waals surface area (Å²) in [5, 5.41) is 11.2. The Labute approximate surface area is 320 Å². The molecule has 0 aliphatic rings. The van der Waals surface area contributed by atoms with Gasteiger partial charge < -0.3 is 4.42 Å². The average molecular weight is 715 g/mol. The molecule has 5 heteroatoms. The largest absolute Gasteiger partial charge is 0.456 e. The summed E-state index contributed by atoms with van der Waals surface area (Å²) >= 11 is 0. The van der Waals surface area contributed by atoms with Crippen molar-refractivity contribution in [2.24, 2.45) is 0 Å². The number of fused-ring (bicyclic) bond motifs is 10. The predicted octanol–water partition coefficient (Wildman–Crippen LogP) is 13.3. The highest BCUT2D eigenvalue weighted by Crippen LogP contribution is 2.40. The van der Waals surface area contributed by atoms with Crippen molar-refractivity contribution in [3.8, 4) is 39.9 Å². The fourth-order valence-electron chi connectivity index (χ4n) is 8.65. The number of rotatable bonds is 4. The van der Waals surface area contributed by atoms with Crippen LogP contribution >= 0.6 is 0 Å². The number of furan rings is 1. The second kappa shape index (κ2) is 11.9. The average Bonchev–Trinajstić information content (AvgIpc) is 3.81. The van der Waals surface area contributed by atoms with E-state index in [-0.39, 0.29) is 0 Å². The van der Waals surface area contributed by atoms with Gasteiger partial charge in [-0.2, -0.15) is 9.97 Å². The van der Waals surface area contributed by atoms with Crippen LogP contribution in [0.5, 0.6) is 0 Å². The van der Waals surface area contributed by atoms with E-state index in [9.17, 15) is 0 Å². The van der Waals surface area contributed by atoms with Crippen LogP contribution in [-0.2, 0) is 0 Å². The van der Waals surface area contributed by atoms with Crippen molar-refractivity contribution in [2.45, 2.75) is 0 Å². The Morgan fingerprint density at radius 3 is 1.93 bits per heavy atom. The number of hydrogen-bond acceptors (Lipinski definition) is 4. The summed E-state index contributed by atoms with van der Waals surface area (Å²) in [6, 6.07) is 63.9. The van der Waals surface area contributed by atoms with Gasteiger partial charge in [0.1, 0.15) is 11.2 Å². The molecule has 0 amide bonds. The van der Waals surface area contributed by atoms with Crippen molar-refractivity contribution >= 4 is 76.1 Å². The van der Waals surface area contributed by atoms with Gasteiger partial charge in [0.25, 0.3) is 0 Å². The van der Waals surface area contributed by atoms with Gasteiger partial charge in [-0.3, -0.25) is 4.57 Å². The maximum Gasteiger partial charge on any atom is 0.238 e. The third-order valence-corrected chi connectivity index (χ3v) is 11.2. The molecule has 260 valence electrons. The summed E-state index contributed by atoms with van der Waals surface area (Å²) in [7, 11) is 0. The van der Waals surface area contributed by atoms with Gasteiger partial charge in [-0.15, -0.1) is 0 Å². The molecule has 12 rings (SSSR count). The van der Waals surface area contributed by atoms with E-state index in [2.05, 4.69) is 168 Å². The van der Waals surface area contributed by atoms with Gasteiger partial charge in [0.05, 0.1) is 11.0 Å². The van der Waals surface area contributed by atoms with Gasteiger partial charge >= 0.3 is 0 Å². The minimum atomic E-state index is 0.555. The molecule has 0 spiro atoms. The monoisotopic (exact) mass is 714 g/mol. The van der Waals surface area contributed by atoms with Crippen LogP contribution in [0.4, 0.5) is 0 Å². The summed E-state index contributed by atoms with van der Waals surface area (Å²) < 4.78 is 8.73. The Morgan fingerprint density at radius 1 is 0.357 bits per heavy atom. The maximum atomic E-state index is 6.53. The molecule has 5 nitrogen and oxygen atoms in total. The fourth-order valence-corrected chi connectivity index (χ4v) is 8.65. The zero-order chi connectivity index (χ0) is 36.7. The number of hydrogen-bond donors (Lipinski definition) is 0. The molecule has 0 radical (unpaired) electrons. The van der Waals surface area contributed by atoms with Crippen LogP contribution in [0.25, 0.3) is 116 Å². The number of aromatic nitrogens is 4. The van der Waals surface area contributed by atoms with Crippen molar-refractivity contribution in [3.63, 3.8) is 0 Å². The molecule has 0 N–H and O–H groups in total. The first-order valence-electron chi connectivity index (χ1n) is 18.9. The van der Waals surface area contributed by atoms with E-state index < -0.39 is 0 Å². The molecule has 0 fully saturated rings. The first-order chi connectivity index (χ1) is 27.7. The van der Waals surface area contributed by atoms with Crippen LogP contribution in [0.15, 0.2) is 186 Å². The van der Waals surface area contributed by atoms with Crippen molar-refractivity contribution in [3.05, 3.63) is 182 Å². The van der Waals surface area contributed by atoms with Gasteiger partial charge in [-0.25, -0.2) is 4.98 Å². The minimum Gasteiger partial charge on any atom is -0.456 e. The van der Waals surface area contributed by atoms with E-state index >= 15 is 0 Å². The highest BCUT2D eigenvalue weighted by molar-refractivity contribution is 6.21. The highest BCUT2D eigenvalue weighted by atomic mass is 16.3. The minimum absolute atomic E-state index is 0.555. The lowest BCUT2D eigenvalue weighted by molar-refractivity contribution is 0.669. The quantitative estimate of drug-likeness (QED) is 0.182. The van der Waals surface area contributed by atoms with E-state index in [0.29, 0.717) is 17.6 Å². The Kier molecular flexibility index (Phi) is 6.56. The third-order valence-electron chi connectivity index (χ3n) is 11.2. The summed E-state index contributed by atoms with van der Waals surface area (Å²) in [6.07, 6.45) is 0. The summed E-state index contributed by atoms with van der Waals surface area (Å²) in [5.74, 6) is 1.74. The molecule has 0 atom stereocenters. The van der Waals surface area contributed by atoms with Crippen molar-refractivity contribution in [1.82, 2.24) is 19.5 Å². The van der Waals surface area contributed by atoms with E-state index in [0.717, 1.165) is 76.6 Å². The lowest BCUT2D eigenvalue weighted by Gasteiger charge is -2.13. The van der Waals surface area contributed by atoms with Crippen LogP contribution in [0.1, 0.15) is 0 Å². The van der Waals surface area contributed by atoms with Gasteiger partial charge in [0.15, 0.2) is 11.6 Å². The zero-order valence-electron chi connectivity index (χ0n) is 30.0. The van der Waals surface area contributed by atoms with E-state index in [4.69, 9.17) is 19.4 Å². The van der Waals surface area contributed by atoms with Crippen molar-refractivity contribution < 1.29 is 4.42 Å². The van der Waals surface area contributed by atoms with Crippen molar-refractivity contribution in [2.75, 3.05) is 0 Å². The van der Waals surface area contributed by atoms with Crippen LogP contribution < -0.4 is 0 Å². The van der Waals surface area contributed by atoms with Crippen LogP contribution in [0, 0.1) is 0 Å². The molecule has 3 heterocycles. The van der Waals surface area contributed by atoms with Gasteiger partial charge in [-0.1, -0.05) is 146 Å². The first kappa shape index (κ1) is 30.8. The molecule has 0 bridgehead atoms. The lowest BCUT2D eigenvalue weighted by Crippen LogP contribution is -2.06. The highest BCUT2D eigenvalue weighted by Gasteiger charge is 2.22. The maximum absolute atomic E-state index is 6.53. The SMILES string of the molecule is c1ccc(-c2ccc3c(-c4nc(-c5cccc6oc7cc8ccccc8cc7c56)nc(-n5c6ccccc6c6c7ccccc7ccc65)n4)cccc3c2)cc1. The Hall–Kier alpha value is -7.63. The van der Waals surface area contributed by atoms with Gasteiger partial charge in [-0.05, 0) is 79.8 Å². The first-order valence-corrected chi connectivity index (χ1v) is 18.9. The van der Waals surface area contributed by atoms with Crippen LogP contribution in [0.3, 0.4) is 0 Å². The molecular formula is C51H30N4O. The summed E-state index contributed by atoms with van der Waals surface area (Å²) in [4.78, 5) is 16.1. The third kappa shape index (κ3) is 4.64. The molecule has 0 saturated heterocycles. The van der Waals surface area contributed by atoms with Crippen LogP contribution in [-0.4, -0.2) is 19.5 Å². The van der Waals surface area contributed by atoms with Crippen LogP contribution in [0.2, 0.25) is 0 Å². The number of benzene rings is 9. The molecule has 56 heavy (non-hydrogen) atoms. The molecule has 0 aliphatic heterocycles. The van der Waals surface area contributed by atoms with E-state index in [1.54, 1.807) is 0 Å². The van der Waals surface area contributed by atoms with E-state index in [1.807, 2.05) is 18.2 Å². The Balaban J connectivity index is 1.17. The molecule has 0 aliphatic carbocycles. The smallest absolute Gasteiger partial charge is 0.238 e. The molecule has 0 saturated carbocycles. The number of para-hydroxylation sites is 1. The Bertz CT molecular complexity index is 3540. The second-order valence-corrected chi connectivity index (χ2v) is 14.4. The molecule has 12 aromatic rings. The molecular weight excluding hydrogens is 685 g/mol. The topological polar surface area (TPSA) is 56.7 Å².